The SMILES string of the molecule is CCCNC(c1cncc(C)c1)c1ccc(F)c(F)c1. The molecule has 2 nitrogen and oxygen atoms in total. The zero-order chi connectivity index (χ0) is 14.5. The summed E-state index contributed by atoms with van der Waals surface area (Å²) >= 11 is 0. The zero-order valence-electron chi connectivity index (χ0n) is 11.7. The van der Waals surface area contributed by atoms with Gasteiger partial charge < -0.3 is 5.32 Å². The second-order valence-electron chi connectivity index (χ2n) is 4.86. The van der Waals surface area contributed by atoms with Gasteiger partial charge >= 0.3 is 0 Å². The fourth-order valence-electron chi connectivity index (χ4n) is 2.14. The average molecular weight is 276 g/mol. The fourth-order valence-corrected chi connectivity index (χ4v) is 2.14. The van der Waals surface area contributed by atoms with Gasteiger partial charge in [-0.25, -0.2) is 8.78 Å². The van der Waals surface area contributed by atoms with Gasteiger partial charge in [0.05, 0.1) is 6.04 Å². The Balaban J connectivity index is 2.38. The number of aryl methyl sites for hydroxylation is 1. The second-order valence-corrected chi connectivity index (χ2v) is 4.86. The third-order valence-corrected chi connectivity index (χ3v) is 3.10. The average Bonchev–Trinajstić information content (AvgIpc) is 2.43. The largest absolute Gasteiger partial charge is 0.306 e. The van der Waals surface area contributed by atoms with Crippen molar-refractivity contribution in [3.05, 3.63) is 65.0 Å². The Labute approximate surface area is 117 Å². The van der Waals surface area contributed by atoms with Crippen LogP contribution in [0.25, 0.3) is 0 Å². The van der Waals surface area contributed by atoms with Crippen LogP contribution in [-0.2, 0) is 0 Å². The summed E-state index contributed by atoms with van der Waals surface area (Å²) in [5.74, 6) is -1.66. The maximum absolute atomic E-state index is 13.4. The van der Waals surface area contributed by atoms with Gasteiger partial charge in [0.15, 0.2) is 11.6 Å². The van der Waals surface area contributed by atoms with Gasteiger partial charge in [-0.1, -0.05) is 19.1 Å². The molecule has 1 heterocycles. The van der Waals surface area contributed by atoms with Crippen LogP contribution in [0, 0.1) is 18.6 Å². The van der Waals surface area contributed by atoms with Gasteiger partial charge in [0.25, 0.3) is 0 Å². The Morgan fingerprint density at radius 2 is 1.90 bits per heavy atom. The highest BCUT2D eigenvalue weighted by atomic mass is 19.2. The van der Waals surface area contributed by atoms with Crippen LogP contribution < -0.4 is 5.32 Å². The van der Waals surface area contributed by atoms with Crippen LogP contribution in [0.2, 0.25) is 0 Å². The lowest BCUT2D eigenvalue weighted by Gasteiger charge is -2.19. The molecule has 0 aliphatic carbocycles. The summed E-state index contributed by atoms with van der Waals surface area (Å²) in [7, 11) is 0. The molecule has 2 rings (SSSR count). The van der Waals surface area contributed by atoms with Gasteiger partial charge in [-0.15, -0.1) is 0 Å². The van der Waals surface area contributed by atoms with Gasteiger partial charge in [0, 0.05) is 12.4 Å². The highest BCUT2D eigenvalue weighted by molar-refractivity contribution is 5.32. The minimum absolute atomic E-state index is 0.183. The Kier molecular flexibility index (Phi) is 4.79. The fraction of sp³-hybridized carbons (Fsp3) is 0.312. The Morgan fingerprint density at radius 3 is 2.55 bits per heavy atom. The molecule has 2 aromatic rings. The maximum Gasteiger partial charge on any atom is 0.159 e. The first-order valence-corrected chi connectivity index (χ1v) is 6.71. The summed E-state index contributed by atoms with van der Waals surface area (Å²) in [5.41, 5.74) is 2.68. The van der Waals surface area contributed by atoms with Crippen molar-refractivity contribution in [1.29, 1.82) is 0 Å². The number of nitrogens with zero attached hydrogens (tertiary/aromatic N) is 1. The monoisotopic (exact) mass is 276 g/mol. The zero-order valence-corrected chi connectivity index (χ0v) is 11.7. The van der Waals surface area contributed by atoms with E-state index in [1.54, 1.807) is 18.5 Å². The molecule has 1 atom stereocenters. The van der Waals surface area contributed by atoms with Gasteiger partial charge in [0.1, 0.15) is 0 Å². The van der Waals surface area contributed by atoms with E-state index in [0.717, 1.165) is 30.2 Å². The number of hydrogen-bond acceptors (Lipinski definition) is 2. The van der Waals surface area contributed by atoms with Crippen molar-refractivity contribution >= 4 is 0 Å². The lowest BCUT2D eigenvalue weighted by atomic mass is 9.99. The van der Waals surface area contributed by atoms with Crippen molar-refractivity contribution in [3.8, 4) is 0 Å². The third kappa shape index (κ3) is 3.39. The van der Waals surface area contributed by atoms with E-state index in [4.69, 9.17) is 0 Å². The summed E-state index contributed by atoms with van der Waals surface area (Å²) < 4.78 is 26.5. The van der Waals surface area contributed by atoms with E-state index < -0.39 is 11.6 Å². The lowest BCUT2D eigenvalue weighted by Crippen LogP contribution is -2.23. The van der Waals surface area contributed by atoms with Gasteiger partial charge in [-0.05, 0) is 48.7 Å². The quantitative estimate of drug-likeness (QED) is 0.899. The van der Waals surface area contributed by atoms with Crippen LogP contribution in [0.15, 0.2) is 36.7 Å². The van der Waals surface area contributed by atoms with Crippen molar-refractivity contribution in [2.75, 3.05) is 6.54 Å². The third-order valence-electron chi connectivity index (χ3n) is 3.10. The summed E-state index contributed by atoms with van der Waals surface area (Å²) in [6, 6.07) is 5.83. The minimum atomic E-state index is -0.828. The van der Waals surface area contributed by atoms with E-state index in [0.29, 0.717) is 5.56 Å². The minimum Gasteiger partial charge on any atom is -0.306 e. The molecule has 0 saturated heterocycles. The van der Waals surface area contributed by atoms with E-state index >= 15 is 0 Å². The molecule has 1 unspecified atom stereocenters. The van der Waals surface area contributed by atoms with E-state index in [-0.39, 0.29) is 6.04 Å². The molecule has 1 aromatic heterocycles. The summed E-state index contributed by atoms with van der Waals surface area (Å²) in [4.78, 5) is 4.17. The highest BCUT2D eigenvalue weighted by Gasteiger charge is 2.15. The Hall–Kier alpha value is -1.81. The Morgan fingerprint density at radius 1 is 1.10 bits per heavy atom. The maximum atomic E-state index is 13.4. The highest BCUT2D eigenvalue weighted by Crippen LogP contribution is 2.23. The number of rotatable bonds is 5. The molecule has 0 amide bonds. The summed E-state index contributed by atoms with van der Waals surface area (Å²) in [5, 5.41) is 3.35. The van der Waals surface area contributed by atoms with Crippen molar-refractivity contribution in [2.45, 2.75) is 26.3 Å². The van der Waals surface area contributed by atoms with E-state index in [9.17, 15) is 8.78 Å². The molecule has 0 saturated carbocycles. The van der Waals surface area contributed by atoms with Crippen molar-refractivity contribution in [2.24, 2.45) is 0 Å². The van der Waals surface area contributed by atoms with Crippen molar-refractivity contribution in [1.82, 2.24) is 10.3 Å². The summed E-state index contributed by atoms with van der Waals surface area (Å²) in [6.07, 6.45) is 4.48. The molecule has 0 spiro atoms. The molecular weight excluding hydrogens is 258 g/mol. The molecule has 0 bridgehead atoms. The normalized spacial score (nSPS) is 12.4. The molecule has 106 valence electrons. The van der Waals surface area contributed by atoms with Crippen molar-refractivity contribution in [3.63, 3.8) is 0 Å². The Bertz CT molecular complexity index is 584. The molecule has 0 fully saturated rings. The molecule has 1 N–H and O–H groups in total. The van der Waals surface area contributed by atoms with Gasteiger partial charge in [-0.2, -0.15) is 0 Å². The standard InChI is InChI=1S/C16H18F2N2/c1-3-6-20-16(13-7-11(2)9-19-10-13)12-4-5-14(17)15(18)8-12/h4-5,7-10,16,20H,3,6H2,1-2H3. The van der Waals surface area contributed by atoms with Gasteiger partial charge in [0.2, 0.25) is 0 Å². The number of pyridine rings is 1. The van der Waals surface area contributed by atoms with Crippen LogP contribution in [0.4, 0.5) is 8.78 Å². The molecule has 0 aliphatic heterocycles. The topological polar surface area (TPSA) is 24.9 Å². The van der Waals surface area contributed by atoms with Crippen LogP contribution in [0.3, 0.4) is 0 Å². The smallest absolute Gasteiger partial charge is 0.159 e. The predicted molar refractivity (Wildman–Crippen MR) is 75.5 cm³/mol. The predicted octanol–water partition coefficient (Wildman–Crippen LogP) is 3.76. The van der Waals surface area contributed by atoms with E-state index in [2.05, 4.69) is 17.2 Å². The molecule has 0 radical (unpaired) electrons. The number of halogens is 2. The number of aromatic nitrogens is 1. The van der Waals surface area contributed by atoms with Crippen LogP contribution >= 0.6 is 0 Å². The first kappa shape index (κ1) is 14.6. The number of nitrogens with one attached hydrogen (secondary N) is 1. The molecule has 1 aromatic carbocycles. The second kappa shape index (κ2) is 6.57. The number of hydrogen-bond donors (Lipinski definition) is 1. The van der Waals surface area contributed by atoms with Crippen LogP contribution in [0.1, 0.15) is 36.1 Å². The molecule has 0 aliphatic rings. The lowest BCUT2D eigenvalue weighted by molar-refractivity contribution is 0.503. The van der Waals surface area contributed by atoms with Crippen LogP contribution in [0.5, 0.6) is 0 Å². The summed E-state index contributed by atoms with van der Waals surface area (Å²) in [6.45, 7) is 4.81. The first-order valence-electron chi connectivity index (χ1n) is 6.71. The van der Waals surface area contributed by atoms with E-state index in [1.807, 2.05) is 13.0 Å². The van der Waals surface area contributed by atoms with E-state index in [1.165, 1.54) is 6.07 Å². The molecule has 4 heteroatoms. The van der Waals surface area contributed by atoms with Crippen LogP contribution in [-0.4, -0.2) is 11.5 Å². The molecule has 20 heavy (non-hydrogen) atoms. The first-order chi connectivity index (χ1) is 9.61. The molecular formula is C16H18F2N2. The van der Waals surface area contributed by atoms with Crippen molar-refractivity contribution < 1.29 is 8.78 Å². The number of benzene rings is 1. The van der Waals surface area contributed by atoms with Gasteiger partial charge in [-0.3, -0.25) is 4.98 Å².